The molecule has 0 aliphatic carbocycles. The summed E-state index contributed by atoms with van der Waals surface area (Å²) in [5.74, 6) is -2.31. The highest BCUT2D eigenvalue weighted by Crippen LogP contribution is 2.31. The van der Waals surface area contributed by atoms with E-state index in [1.807, 2.05) is 54.6 Å². The molecule has 0 atom stereocenters. The molecule has 0 aliphatic rings. The first kappa shape index (κ1) is 29.5. The third-order valence-corrected chi connectivity index (χ3v) is 7.15. The van der Waals surface area contributed by atoms with Gasteiger partial charge in [-0.05, 0) is 66.2 Å². The molecule has 0 radical (unpaired) electrons. The van der Waals surface area contributed by atoms with Crippen molar-refractivity contribution in [2.24, 2.45) is 0 Å². The van der Waals surface area contributed by atoms with Crippen LogP contribution in [0.2, 0.25) is 0 Å². The number of para-hydroxylation sites is 1. The molecule has 4 aromatic carbocycles. The molecule has 5 aromatic rings. The molecule has 0 saturated heterocycles. The van der Waals surface area contributed by atoms with Crippen molar-refractivity contribution in [3.63, 3.8) is 0 Å². The maximum absolute atomic E-state index is 14.1. The van der Waals surface area contributed by atoms with Crippen molar-refractivity contribution in [1.82, 2.24) is 14.8 Å². The number of anilines is 1. The number of ether oxygens (including phenoxy) is 3. The summed E-state index contributed by atoms with van der Waals surface area (Å²) in [6.45, 7) is 0. The molecular weight excluding hydrogens is 581 g/mol. The fraction of sp³-hybridized carbons (Fsp3) is 0.129. The molecule has 0 aliphatic heterocycles. The number of hydrogen-bond donors (Lipinski definition) is 1. The predicted octanol–water partition coefficient (Wildman–Crippen LogP) is 6.82. The van der Waals surface area contributed by atoms with Crippen LogP contribution in [0, 0.1) is 17.5 Å². The van der Waals surface area contributed by atoms with E-state index in [1.165, 1.54) is 0 Å². The molecular formula is C31H25F3N4O4S. The SMILES string of the molecule is COc1ccc(Cc2nnc(SCC(=O)Nc3ccc(F)c(F)c3F)n2-c2ccc(Oc3ccccc3)cc2)cc1OC. The molecule has 0 bridgehead atoms. The number of benzene rings is 4. The topological polar surface area (TPSA) is 87.5 Å². The molecule has 1 aromatic heterocycles. The fourth-order valence-corrected chi connectivity index (χ4v) is 4.94. The molecule has 5 rings (SSSR count). The summed E-state index contributed by atoms with van der Waals surface area (Å²) in [6.07, 6.45) is 0.364. The third kappa shape index (κ3) is 6.92. The van der Waals surface area contributed by atoms with E-state index < -0.39 is 29.0 Å². The van der Waals surface area contributed by atoms with E-state index in [0.29, 0.717) is 46.1 Å². The number of hydrogen-bond acceptors (Lipinski definition) is 7. The largest absolute Gasteiger partial charge is 0.493 e. The van der Waals surface area contributed by atoms with Crippen LogP contribution in [0.25, 0.3) is 5.69 Å². The first-order chi connectivity index (χ1) is 20.9. The molecule has 0 fully saturated rings. The number of methoxy groups -OCH3 is 2. The number of rotatable bonds is 11. The number of aromatic nitrogens is 3. The summed E-state index contributed by atoms with van der Waals surface area (Å²) in [4.78, 5) is 12.6. The summed E-state index contributed by atoms with van der Waals surface area (Å²) >= 11 is 1.05. The van der Waals surface area contributed by atoms with E-state index in [0.717, 1.165) is 29.5 Å². The molecule has 43 heavy (non-hydrogen) atoms. The minimum absolute atomic E-state index is 0.206. The van der Waals surface area contributed by atoms with Gasteiger partial charge in [-0.3, -0.25) is 9.36 Å². The summed E-state index contributed by atoms with van der Waals surface area (Å²) < 4.78 is 59.4. The van der Waals surface area contributed by atoms with Crippen molar-refractivity contribution in [3.05, 3.63) is 114 Å². The molecule has 8 nitrogen and oxygen atoms in total. The maximum atomic E-state index is 14.1. The van der Waals surface area contributed by atoms with Gasteiger partial charge in [0.1, 0.15) is 17.3 Å². The Morgan fingerprint density at radius 2 is 1.56 bits per heavy atom. The number of carbonyl (C=O) groups excluding carboxylic acids is 1. The highest BCUT2D eigenvalue weighted by molar-refractivity contribution is 7.99. The molecule has 220 valence electrons. The van der Waals surface area contributed by atoms with Gasteiger partial charge in [0, 0.05) is 12.1 Å². The van der Waals surface area contributed by atoms with Gasteiger partial charge < -0.3 is 19.5 Å². The smallest absolute Gasteiger partial charge is 0.234 e. The summed E-state index contributed by atoms with van der Waals surface area (Å²) in [5, 5.41) is 11.3. The molecule has 12 heteroatoms. The lowest BCUT2D eigenvalue weighted by Gasteiger charge is -2.13. The van der Waals surface area contributed by atoms with E-state index in [1.54, 1.807) is 37.0 Å². The van der Waals surface area contributed by atoms with Crippen LogP contribution in [0.15, 0.2) is 90.1 Å². The number of halogens is 3. The highest BCUT2D eigenvalue weighted by Gasteiger charge is 2.19. The van der Waals surface area contributed by atoms with Gasteiger partial charge in [-0.15, -0.1) is 10.2 Å². The van der Waals surface area contributed by atoms with Crippen LogP contribution >= 0.6 is 11.8 Å². The van der Waals surface area contributed by atoms with Gasteiger partial charge in [0.05, 0.1) is 25.7 Å². The molecule has 0 saturated carbocycles. The van der Waals surface area contributed by atoms with Gasteiger partial charge >= 0.3 is 0 Å². The van der Waals surface area contributed by atoms with Crippen LogP contribution in [0.3, 0.4) is 0 Å². The minimum atomic E-state index is -1.66. The fourth-order valence-electron chi connectivity index (χ4n) is 4.17. The number of amides is 1. The lowest BCUT2D eigenvalue weighted by molar-refractivity contribution is -0.113. The molecule has 1 heterocycles. The Balaban J connectivity index is 1.40. The van der Waals surface area contributed by atoms with Crippen LogP contribution in [0.5, 0.6) is 23.0 Å². The standard InChI is InChI=1S/C31H25F3N4O4S/c1-40-25-15-8-19(16-26(25)41-2)17-27-36-37-31(43-18-28(39)35-24-14-13-23(32)29(33)30(24)34)38(27)20-9-11-22(12-10-20)42-21-6-4-3-5-7-21/h3-16H,17-18H2,1-2H3,(H,35,39). The van der Waals surface area contributed by atoms with Gasteiger partial charge in [0.15, 0.2) is 34.1 Å². The minimum Gasteiger partial charge on any atom is -0.493 e. The average Bonchev–Trinajstić information content (AvgIpc) is 3.43. The summed E-state index contributed by atoms with van der Waals surface area (Å²) in [7, 11) is 3.11. The Bertz CT molecular complexity index is 1730. The van der Waals surface area contributed by atoms with Gasteiger partial charge in [-0.1, -0.05) is 36.0 Å². The van der Waals surface area contributed by atoms with Crippen LogP contribution in [0.1, 0.15) is 11.4 Å². The Labute approximate surface area is 249 Å². The van der Waals surface area contributed by atoms with Gasteiger partial charge in [0.25, 0.3) is 0 Å². The second-order valence-corrected chi connectivity index (χ2v) is 10.0. The first-order valence-electron chi connectivity index (χ1n) is 12.9. The van der Waals surface area contributed by atoms with Gasteiger partial charge in [-0.2, -0.15) is 0 Å². The second-order valence-electron chi connectivity index (χ2n) is 9.07. The van der Waals surface area contributed by atoms with E-state index >= 15 is 0 Å². The molecule has 0 unspecified atom stereocenters. The zero-order valence-electron chi connectivity index (χ0n) is 23.0. The molecule has 1 N–H and O–H groups in total. The molecule has 1 amide bonds. The average molecular weight is 607 g/mol. The second kappa shape index (κ2) is 13.3. The summed E-state index contributed by atoms with van der Waals surface area (Å²) in [6, 6.07) is 23.8. The lowest BCUT2D eigenvalue weighted by atomic mass is 10.1. The van der Waals surface area contributed by atoms with Crippen molar-refractivity contribution < 1.29 is 32.2 Å². The van der Waals surface area contributed by atoms with E-state index in [4.69, 9.17) is 14.2 Å². The van der Waals surface area contributed by atoms with Crippen LogP contribution in [-0.4, -0.2) is 40.6 Å². The van der Waals surface area contributed by atoms with Crippen LogP contribution < -0.4 is 19.5 Å². The lowest BCUT2D eigenvalue weighted by Crippen LogP contribution is -2.16. The van der Waals surface area contributed by atoms with Crippen LogP contribution in [0.4, 0.5) is 18.9 Å². The Morgan fingerprint density at radius 3 is 2.28 bits per heavy atom. The summed E-state index contributed by atoms with van der Waals surface area (Å²) in [5.41, 5.74) is 1.11. The molecule has 0 spiro atoms. The Morgan fingerprint density at radius 1 is 0.837 bits per heavy atom. The van der Waals surface area contributed by atoms with Crippen LogP contribution in [-0.2, 0) is 11.2 Å². The highest BCUT2D eigenvalue weighted by atomic mass is 32.2. The monoisotopic (exact) mass is 606 g/mol. The van der Waals surface area contributed by atoms with Crippen molar-refractivity contribution >= 4 is 23.4 Å². The van der Waals surface area contributed by atoms with Gasteiger partial charge in [0.2, 0.25) is 5.91 Å². The number of thioether (sulfide) groups is 1. The number of nitrogens with one attached hydrogen (secondary N) is 1. The van der Waals surface area contributed by atoms with Crippen molar-refractivity contribution in [3.8, 4) is 28.7 Å². The maximum Gasteiger partial charge on any atom is 0.234 e. The van der Waals surface area contributed by atoms with E-state index in [9.17, 15) is 18.0 Å². The van der Waals surface area contributed by atoms with Gasteiger partial charge in [-0.25, -0.2) is 13.2 Å². The first-order valence-corrected chi connectivity index (χ1v) is 13.9. The quantitative estimate of drug-likeness (QED) is 0.131. The number of nitrogens with zero attached hydrogens (tertiary/aromatic N) is 3. The zero-order valence-corrected chi connectivity index (χ0v) is 23.8. The predicted molar refractivity (Wildman–Crippen MR) is 156 cm³/mol. The number of carbonyl (C=O) groups is 1. The van der Waals surface area contributed by atoms with Crippen molar-refractivity contribution in [2.75, 3.05) is 25.3 Å². The Hall–Kier alpha value is -4.97. The normalized spacial score (nSPS) is 10.8. The Kier molecular flexibility index (Phi) is 9.16. The van der Waals surface area contributed by atoms with E-state index in [2.05, 4.69) is 15.5 Å². The zero-order chi connectivity index (χ0) is 30.3. The van der Waals surface area contributed by atoms with Crippen molar-refractivity contribution in [2.45, 2.75) is 11.6 Å². The van der Waals surface area contributed by atoms with E-state index in [-0.39, 0.29) is 5.75 Å². The third-order valence-electron chi connectivity index (χ3n) is 6.23. The van der Waals surface area contributed by atoms with Crippen molar-refractivity contribution in [1.29, 1.82) is 0 Å².